The monoisotopic (exact) mass is 401 g/mol. The minimum Gasteiger partial charge on any atom is -0.368 e. The molecule has 1 aliphatic heterocycles. The van der Waals surface area contributed by atoms with Crippen molar-refractivity contribution >= 4 is 23.2 Å². The quantitative estimate of drug-likeness (QED) is 0.815. The number of anilines is 1. The van der Waals surface area contributed by atoms with Gasteiger partial charge in [-0.1, -0.05) is 23.7 Å². The highest BCUT2D eigenvalue weighted by Crippen LogP contribution is 2.60. The van der Waals surface area contributed by atoms with Crippen molar-refractivity contribution in [2.24, 2.45) is 23.2 Å². The Bertz CT molecular complexity index is 693. The highest BCUT2D eigenvalue weighted by Gasteiger charge is 2.54. The van der Waals surface area contributed by atoms with Crippen molar-refractivity contribution in [3.05, 3.63) is 29.3 Å². The Morgan fingerprint density at radius 3 is 2.21 bits per heavy atom. The summed E-state index contributed by atoms with van der Waals surface area (Å²) in [5.41, 5.74) is 1.12. The summed E-state index contributed by atoms with van der Waals surface area (Å²) in [6.45, 7) is 5.78. The number of rotatable bonds is 5. The molecular weight excluding hydrogens is 370 g/mol. The maximum Gasteiger partial charge on any atom is 0.226 e. The molecule has 1 saturated heterocycles. The average molecular weight is 402 g/mol. The molecule has 1 aromatic rings. The highest BCUT2D eigenvalue weighted by molar-refractivity contribution is 6.33. The third kappa shape index (κ3) is 3.54. The van der Waals surface area contributed by atoms with Crippen molar-refractivity contribution in [3.8, 4) is 0 Å². The summed E-state index contributed by atoms with van der Waals surface area (Å²) in [5, 5.41) is 4.16. The van der Waals surface area contributed by atoms with Crippen molar-refractivity contribution in [1.82, 2.24) is 10.2 Å². The van der Waals surface area contributed by atoms with Gasteiger partial charge >= 0.3 is 0 Å². The molecule has 1 amide bonds. The van der Waals surface area contributed by atoms with Crippen LogP contribution in [0.4, 0.5) is 5.69 Å². The molecule has 28 heavy (non-hydrogen) atoms. The minimum atomic E-state index is -0.0164. The first kappa shape index (κ1) is 18.7. The van der Waals surface area contributed by atoms with Crippen LogP contribution in [0.5, 0.6) is 0 Å². The zero-order valence-corrected chi connectivity index (χ0v) is 17.5. The van der Waals surface area contributed by atoms with E-state index in [-0.39, 0.29) is 5.41 Å². The van der Waals surface area contributed by atoms with Gasteiger partial charge < -0.3 is 10.2 Å². The van der Waals surface area contributed by atoms with Gasteiger partial charge in [0.05, 0.1) is 10.7 Å². The van der Waals surface area contributed by atoms with Crippen LogP contribution in [0.2, 0.25) is 5.02 Å². The van der Waals surface area contributed by atoms with Crippen molar-refractivity contribution in [1.29, 1.82) is 0 Å². The molecule has 1 N–H and O–H groups in total. The summed E-state index contributed by atoms with van der Waals surface area (Å²) < 4.78 is 0. The largest absolute Gasteiger partial charge is 0.368 e. The molecule has 0 atom stereocenters. The van der Waals surface area contributed by atoms with E-state index in [9.17, 15) is 4.79 Å². The Kier molecular flexibility index (Phi) is 5.04. The third-order valence-electron chi connectivity index (χ3n) is 7.80. The van der Waals surface area contributed by atoms with Crippen molar-refractivity contribution in [2.45, 2.75) is 38.5 Å². The van der Waals surface area contributed by atoms with Gasteiger partial charge in [0.25, 0.3) is 0 Å². The number of para-hydroxylation sites is 1. The first-order valence-electron chi connectivity index (χ1n) is 11.1. The molecule has 0 spiro atoms. The molecule has 4 nitrogen and oxygen atoms in total. The van der Waals surface area contributed by atoms with Crippen molar-refractivity contribution in [2.75, 3.05) is 44.2 Å². The van der Waals surface area contributed by atoms with E-state index < -0.39 is 0 Å². The summed E-state index contributed by atoms with van der Waals surface area (Å²) in [7, 11) is 0. The molecule has 152 valence electrons. The van der Waals surface area contributed by atoms with E-state index in [0.717, 1.165) is 87.0 Å². The second-order valence-electron chi connectivity index (χ2n) is 9.73. The van der Waals surface area contributed by atoms with Crippen LogP contribution in [-0.2, 0) is 4.79 Å². The number of hydrogen-bond acceptors (Lipinski definition) is 3. The Hall–Kier alpha value is -1.26. The van der Waals surface area contributed by atoms with Gasteiger partial charge in [-0.25, -0.2) is 0 Å². The predicted octanol–water partition coefficient (Wildman–Crippen LogP) is 3.79. The fraction of sp³-hybridized carbons (Fsp3) is 0.696. The Labute approximate surface area is 173 Å². The average Bonchev–Trinajstić information content (AvgIpc) is 2.68. The van der Waals surface area contributed by atoms with Crippen LogP contribution >= 0.6 is 11.6 Å². The molecule has 4 saturated carbocycles. The van der Waals surface area contributed by atoms with Gasteiger partial charge in [0.15, 0.2) is 0 Å². The molecule has 6 rings (SSSR count). The number of piperazine rings is 1. The number of halogens is 1. The number of nitrogens with one attached hydrogen (secondary N) is 1. The van der Waals surface area contributed by atoms with Crippen molar-refractivity contribution < 1.29 is 4.79 Å². The summed E-state index contributed by atoms with van der Waals surface area (Å²) in [5.74, 6) is 2.85. The maximum atomic E-state index is 13.1. The first-order chi connectivity index (χ1) is 13.6. The Morgan fingerprint density at radius 1 is 1.00 bits per heavy atom. The van der Waals surface area contributed by atoms with Crippen LogP contribution < -0.4 is 10.2 Å². The fourth-order valence-corrected chi connectivity index (χ4v) is 7.08. The van der Waals surface area contributed by atoms with Crippen molar-refractivity contribution in [3.63, 3.8) is 0 Å². The summed E-state index contributed by atoms with van der Waals surface area (Å²) in [6, 6.07) is 8.09. The van der Waals surface area contributed by atoms with Gasteiger partial charge in [-0.15, -0.1) is 0 Å². The smallest absolute Gasteiger partial charge is 0.226 e. The molecule has 5 fully saturated rings. The number of nitrogens with zero attached hydrogens (tertiary/aromatic N) is 2. The normalized spacial score (nSPS) is 34.6. The summed E-state index contributed by atoms with van der Waals surface area (Å²) >= 11 is 6.34. The van der Waals surface area contributed by atoms with Crippen LogP contribution in [0.3, 0.4) is 0 Å². The van der Waals surface area contributed by atoms with Crippen LogP contribution in [0.15, 0.2) is 24.3 Å². The van der Waals surface area contributed by atoms with Crippen LogP contribution in [0, 0.1) is 23.2 Å². The SMILES string of the molecule is O=C(NCCN1CCN(c2ccccc2Cl)CC1)C12CC3CC(CC(C3)C1)C2. The predicted molar refractivity (Wildman–Crippen MR) is 114 cm³/mol. The molecule has 5 heteroatoms. The summed E-state index contributed by atoms with van der Waals surface area (Å²) in [4.78, 5) is 17.9. The second-order valence-corrected chi connectivity index (χ2v) is 10.1. The van der Waals surface area contributed by atoms with Crippen LogP contribution in [0.1, 0.15) is 38.5 Å². The van der Waals surface area contributed by atoms with E-state index in [4.69, 9.17) is 11.6 Å². The van der Waals surface area contributed by atoms with E-state index in [0.29, 0.717) is 5.91 Å². The number of carbonyl (C=O) groups is 1. The summed E-state index contributed by atoms with van der Waals surface area (Å²) in [6.07, 6.45) is 7.64. The number of carbonyl (C=O) groups excluding carboxylic acids is 1. The third-order valence-corrected chi connectivity index (χ3v) is 8.12. The molecule has 0 radical (unpaired) electrons. The maximum absolute atomic E-state index is 13.1. The topological polar surface area (TPSA) is 35.6 Å². The number of benzene rings is 1. The van der Waals surface area contributed by atoms with Gasteiger partial charge in [0.2, 0.25) is 5.91 Å². The zero-order valence-electron chi connectivity index (χ0n) is 16.7. The fourth-order valence-electron chi connectivity index (χ4n) is 6.82. The number of hydrogen-bond donors (Lipinski definition) is 1. The minimum absolute atomic E-state index is 0.0164. The molecule has 1 heterocycles. The molecule has 5 aliphatic rings. The molecule has 4 bridgehead atoms. The van der Waals surface area contributed by atoms with Gasteiger partial charge in [-0.05, 0) is 68.4 Å². The highest BCUT2D eigenvalue weighted by atomic mass is 35.5. The number of amides is 1. The molecule has 4 aliphatic carbocycles. The lowest BCUT2D eigenvalue weighted by Crippen LogP contribution is -2.54. The lowest BCUT2D eigenvalue weighted by atomic mass is 9.49. The molecule has 0 aromatic heterocycles. The van der Waals surface area contributed by atoms with E-state index in [1.165, 1.54) is 19.3 Å². The molecule has 0 unspecified atom stereocenters. The van der Waals surface area contributed by atoms with E-state index in [1.54, 1.807) is 0 Å². The van der Waals surface area contributed by atoms with E-state index in [1.807, 2.05) is 18.2 Å². The lowest BCUT2D eigenvalue weighted by Gasteiger charge is -2.55. The van der Waals surface area contributed by atoms with E-state index in [2.05, 4.69) is 21.2 Å². The Morgan fingerprint density at radius 2 is 1.61 bits per heavy atom. The molecular formula is C23H32ClN3O. The second kappa shape index (κ2) is 7.53. The van der Waals surface area contributed by atoms with Gasteiger partial charge in [-0.3, -0.25) is 9.69 Å². The van der Waals surface area contributed by atoms with Gasteiger partial charge in [0.1, 0.15) is 0 Å². The standard InChI is InChI=1S/C23H32ClN3O/c24-20-3-1-2-4-21(20)27-9-7-26(8-10-27)6-5-25-22(28)23-14-17-11-18(15-23)13-19(12-17)16-23/h1-4,17-19H,5-16H2,(H,25,28). The van der Waals surface area contributed by atoms with Gasteiger partial charge in [-0.2, -0.15) is 0 Å². The first-order valence-corrected chi connectivity index (χ1v) is 11.5. The zero-order chi connectivity index (χ0) is 19.1. The van der Waals surface area contributed by atoms with Gasteiger partial charge in [0, 0.05) is 44.7 Å². The van der Waals surface area contributed by atoms with Crippen LogP contribution in [-0.4, -0.2) is 50.1 Å². The Balaban J connectivity index is 1.09. The lowest BCUT2D eigenvalue weighted by molar-refractivity contribution is -0.146. The van der Waals surface area contributed by atoms with E-state index >= 15 is 0 Å². The molecule has 1 aromatic carbocycles. The van der Waals surface area contributed by atoms with Crippen LogP contribution in [0.25, 0.3) is 0 Å².